The van der Waals surface area contributed by atoms with Crippen LogP contribution in [0.3, 0.4) is 0 Å². The number of aliphatic carboxylic acids is 1. The summed E-state index contributed by atoms with van der Waals surface area (Å²) in [6.45, 7) is 4.91. The van der Waals surface area contributed by atoms with Crippen molar-refractivity contribution in [3.8, 4) is 11.6 Å². The monoisotopic (exact) mass is 603 g/mol. The Labute approximate surface area is 245 Å². The van der Waals surface area contributed by atoms with Gasteiger partial charge in [0.05, 0.1) is 23.6 Å². The van der Waals surface area contributed by atoms with Gasteiger partial charge in [-0.15, -0.1) is 0 Å². The molecule has 2 aliphatic heterocycles. The summed E-state index contributed by atoms with van der Waals surface area (Å²) >= 11 is 0. The first kappa shape index (κ1) is 30.1. The first-order chi connectivity index (χ1) is 20.4. The number of carbonyl (C=O) groups excluding carboxylic acids is 1. The predicted octanol–water partition coefficient (Wildman–Crippen LogP) is 3.45. The molecule has 4 heterocycles. The molecule has 3 aromatic rings. The quantitative estimate of drug-likeness (QED) is 0.324. The highest BCUT2D eigenvalue weighted by molar-refractivity contribution is 5.90. The molecule has 230 valence electrons. The van der Waals surface area contributed by atoms with Crippen molar-refractivity contribution >= 4 is 23.7 Å². The van der Waals surface area contributed by atoms with Gasteiger partial charge in [0.15, 0.2) is 0 Å². The van der Waals surface area contributed by atoms with Crippen LogP contribution < -0.4 is 20.7 Å². The van der Waals surface area contributed by atoms with Crippen molar-refractivity contribution in [3.63, 3.8) is 0 Å². The zero-order valence-electron chi connectivity index (χ0n) is 23.6. The maximum Gasteiger partial charge on any atom is 0.429 e. The highest BCUT2D eigenvalue weighted by Crippen LogP contribution is 2.42. The molecule has 1 unspecified atom stereocenters. The number of alkyl halides is 3. The molecule has 43 heavy (non-hydrogen) atoms. The highest BCUT2D eigenvalue weighted by Gasteiger charge is 2.46. The minimum atomic E-state index is -4.93. The second-order valence-electron chi connectivity index (χ2n) is 10.8. The summed E-state index contributed by atoms with van der Waals surface area (Å²) in [5, 5.41) is 16.7. The largest absolute Gasteiger partial charge is 0.480 e. The molecule has 0 amide bonds. The number of halogens is 3. The van der Waals surface area contributed by atoms with Gasteiger partial charge in [-0.3, -0.25) is 4.79 Å². The van der Waals surface area contributed by atoms with Gasteiger partial charge in [-0.05, 0) is 62.8 Å². The van der Waals surface area contributed by atoms with Crippen molar-refractivity contribution in [1.82, 2.24) is 25.1 Å². The third kappa shape index (κ3) is 6.50. The number of anilines is 2. The summed E-state index contributed by atoms with van der Waals surface area (Å²) in [5.74, 6) is -2.05. The van der Waals surface area contributed by atoms with Crippen molar-refractivity contribution in [2.75, 3.05) is 36.9 Å². The fourth-order valence-electron chi connectivity index (χ4n) is 5.63. The summed E-state index contributed by atoms with van der Waals surface area (Å²) in [6.07, 6.45) is -4.13. The molecule has 0 radical (unpaired) electrons. The van der Waals surface area contributed by atoms with E-state index < -0.39 is 36.1 Å². The van der Waals surface area contributed by atoms with Crippen molar-refractivity contribution < 1.29 is 37.3 Å². The van der Waals surface area contributed by atoms with Gasteiger partial charge in [0.25, 0.3) is 0 Å². The number of carbonyl (C=O) groups is 2. The third-order valence-electron chi connectivity index (χ3n) is 7.84. The fraction of sp³-hybridized carbons (Fsp3) is 0.464. The Morgan fingerprint density at radius 3 is 2.56 bits per heavy atom. The molecule has 2 aromatic heterocycles. The van der Waals surface area contributed by atoms with Crippen LogP contribution in [0.5, 0.6) is 5.88 Å². The van der Waals surface area contributed by atoms with E-state index in [1.54, 1.807) is 19.9 Å². The van der Waals surface area contributed by atoms with Gasteiger partial charge >= 0.3 is 18.1 Å². The number of nitrogens with one attached hydrogen (secondary N) is 1. The van der Waals surface area contributed by atoms with E-state index in [9.17, 15) is 27.9 Å². The molecule has 5 rings (SSSR count). The van der Waals surface area contributed by atoms with Crippen LogP contribution in [0.25, 0.3) is 5.69 Å². The van der Waals surface area contributed by atoms with Gasteiger partial charge in [-0.2, -0.15) is 28.2 Å². The van der Waals surface area contributed by atoms with Crippen molar-refractivity contribution in [2.45, 2.75) is 51.4 Å². The van der Waals surface area contributed by atoms with Crippen LogP contribution in [0, 0.1) is 12.3 Å². The van der Waals surface area contributed by atoms with Crippen molar-refractivity contribution in [3.05, 3.63) is 53.3 Å². The molecular weight excluding hydrogens is 571 g/mol. The number of aromatic nitrogens is 4. The number of benzene rings is 1. The average molecular weight is 604 g/mol. The Balaban J connectivity index is 1.45. The van der Waals surface area contributed by atoms with E-state index in [4.69, 9.17) is 15.2 Å². The summed E-state index contributed by atoms with van der Waals surface area (Å²) in [6, 6.07) is 6.13. The average Bonchev–Trinajstić information content (AvgIpc) is 3.57. The van der Waals surface area contributed by atoms with Crippen LogP contribution in [0.4, 0.5) is 24.9 Å². The minimum absolute atomic E-state index is 0.0464. The van der Waals surface area contributed by atoms with E-state index in [0.29, 0.717) is 50.4 Å². The van der Waals surface area contributed by atoms with Crippen LogP contribution in [-0.2, 0) is 9.53 Å². The lowest BCUT2D eigenvalue weighted by atomic mass is 9.76. The van der Waals surface area contributed by atoms with Crippen LogP contribution in [0.15, 0.2) is 36.5 Å². The Bertz CT molecular complexity index is 1500. The Kier molecular flexibility index (Phi) is 8.18. The smallest absolute Gasteiger partial charge is 0.429 e. The van der Waals surface area contributed by atoms with Gasteiger partial charge in [0.2, 0.25) is 17.9 Å². The molecule has 2 aliphatic rings. The molecule has 0 saturated carbocycles. The van der Waals surface area contributed by atoms with Gasteiger partial charge in [0.1, 0.15) is 11.9 Å². The van der Waals surface area contributed by atoms with Gasteiger partial charge in [-0.1, -0.05) is 0 Å². The number of nitrogens with zero attached hydrogens (tertiary/aromatic N) is 5. The number of hydrogen-bond donors (Lipinski definition) is 3. The maximum absolute atomic E-state index is 14.7. The number of ether oxygens (including phenoxy) is 2. The van der Waals surface area contributed by atoms with E-state index in [0.717, 1.165) is 6.07 Å². The molecule has 0 bridgehead atoms. The Morgan fingerprint density at radius 2 is 1.95 bits per heavy atom. The Hall–Kier alpha value is -4.40. The summed E-state index contributed by atoms with van der Waals surface area (Å²) < 4.78 is 55.9. The van der Waals surface area contributed by atoms with Crippen molar-refractivity contribution in [2.24, 2.45) is 5.41 Å². The van der Waals surface area contributed by atoms with Gasteiger partial charge in [0, 0.05) is 37.5 Å². The number of esters is 1. The lowest BCUT2D eigenvalue weighted by Gasteiger charge is -2.39. The predicted molar refractivity (Wildman–Crippen MR) is 148 cm³/mol. The zero-order valence-corrected chi connectivity index (χ0v) is 23.6. The summed E-state index contributed by atoms with van der Waals surface area (Å²) in [7, 11) is 0. The van der Waals surface area contributed by atoms with Crippen LogP contribution in [0.2, 0.25) is 0 Å². The molecule has 0 aliphatic carbocycles. The number of nitrogen functional groups attached to an aromatic ring is 1. The molecule has 4 N–H and O–H groups in total. The number of carboxylic acids is 1. The van der Waals surface area contributed by atoms with Gasteiger partial charge < -0.3 is 30.5 Å². The first-order valence-electron chi connectivity index (χ1n) is 13.8. The molecule has 1 spiro atoms. The number of piperidine rings is 1. The number of nitrogens with two attached hydrogens (primary N) is 1. The third-order valence-corrected chi connectivity index (χ3v) is 7.84. The molecule has 2 fully saturated rings. The SMILES string of the molecule is CCOC(=O)c1ccc(-n2ccc(C)n2)c(C(Oc2cc(N3CCC4(CC3)CN[C@H](C(=O)O)C4)nc(N)n2)C(F)(F)F)c1. The van der Waals surface area contributed by atoms with E-state index in [2.05, 4.69) is 20.4 Å². The second kappa shape index (κ2) is 11.7. The topological polar surface area (TPSA) is 158 Å². The Morgan fingerprint density at radius 1 is 1.21 bits per heavy atom. The summed E-state index contributed by atoms with van der Waals surface area (Å²) in [5.41, 5.74) is 5.91. The lowest BCUT2D eigenvalue weighted by Crippen LogP contribution is -2.41. The van der Waals surface area contributed by atoms with E-state index >= 15 is 0 Å². The molecular formula is C28H32F3N7O5. The second-order valence-corrected chi connectivity index (χ2v) is 10.8. The number of aryl methyl sites for hydroxylation is 1. The molecule has 2 atom stereocenters. The summed E-state index contributed by atoms with van der Waals surface area (Å²) in [4.78, 5) is 33.9. The molecule has 12 nitrogen and oxygen atoms in total. The lowest BCUT2D eigenvalue weighted by molar-refractivity contribution is -0.198. The zero-order chi connectivity index (χ0) is 30.9. The van der Waals surface area contributed by atoms with Gasteiger partial charge in [-0.25, -0.2) is 9.48 Å². The van der Waals surface area contributed by atoms with E-state index in [1.165, 1.54) is 29.1 Å². The number of rotatable bonds is 8. The van der Waals surface area contributed by atoms with E-state index in [1.807, 2.05) is 4.90 Å². The number of hydrogen-bond acceptors (Lipinski definition) is 10. The van der Waals surface area contributed by atoms with Crippen molar-refractivity contribution in [1.29, 1.82) is 0 Å². The first-order valence-corrected chi connectivity index (χ1v) is 13.8. The van der Waals surface area contributed by atoms with E-state index in [-0.39, 0.29) is 34.8 Å². The fourth-order valence-corrected chi connectivity index (χ4v) is 5.63. The maximum atomic E-state index is 14.7. The highest BCUT2D eigenvalue weighted by atomic mass is 19.4. The van der Waals surface area contributed by atoms with Crippen LogP contribution >= 0.6 is 0 Å². The van der Waals surface area contributed by atoms with Crippen LogP contribution in [-0.4, -0.2) is 75.3 Å². The number of carboxylic acid groups (broad SMARTS) is 1. The molecule has 15 heteroatoms. The molecule has 2 saturated heterocycles. The normalized spacial score (nSPS) is 18.9. The molecule has 1 aromatic carbocycles. The van der Waals surface area contributed by atoms with Crippen LogP contribution in [0.1, 0.15) is 53.9 Å². The standard InChI is InChI=1S/C28H32F3N7O5/c1-3-42-25(41)17-4-5-20(38-9-6-16(2)36-38)18(12-17)23(28(29,30)31)43-22-13-21(34-26(32)35-22)37-10-7-27(8-11-37)14-19(24(39)40)33-15-27/h4-6,9,12-13,19,23,33H,3,7-8,10-11,14-15H2,1-2H3,(H,39,40)(H2,32,34,35)/t19-,23?/m0/s1. The minimum Gasteiger partial charge on any atom is -0.480 e.